The molecule has 0 saturated heterocycles. The molecule has 68 heavy (non-hydrogen) atoms. The van der Waals surface area contributed by atoms with Crippen LogP contribution in [0.15, 0.2) is 99.8 Å². The van der Waals surface area contributed by atoms with Gasteiger partial charge in [-0.05, 0) is 94.3 Å². The highest BCUT2D eigenvalue weighted by atomic mass is 35.5. The van der Waals surface area contributed by atoms with E-state index < -0.39 is 12.1 Å². The number of hydrogen-bond acceptors (Lipinski definition) is 12. The minimum Gasteiger partial charge on any atom is -0.497 e. The zero-order chi connectivity index (χ0) is 47.7. The number of aliphatic imine (C=N–C) groups is 2. The van der Waals surface area contributed by atoms with Crippen LogP contribution in [0.1, 0.15) is 103 Å². The van der Waals surface area contributed by atoms with Crippen molar-refractivity contribution in [3.8, 4) is 22.9 Å². The molecule has 3 N–H and O–H groups in total. The molecule has 0 radical (unpaired) electrons. The lowest BCUT2D eigenvalue weighted by molar-refractivity contribution is -0.122. The van der Waals surface area contributed by atoms with Crippen LogP contribution in [0.2, 0.25) is 5.02 Å². The summed E-state index contributed by atoms with van der Waals surface area (Å²) in [7, 11) is 3.25. The smallest absolute Gasteiger partial charge is 0.230 e. The first-order valence-corrected chi connectivity index (χ1v) is 24.1. The van der Waals surface area contributed by atoms with Crippen LogP contribution in [0.4, 0.5) is 0 Å². The standard InChI is InChI=1S/C50H54ClN11O5S/c1-6-52-44(63)27-40-49-59-57-30(2)61(49)43-22-18-36(67-5)26-39(43)48(55-40)33-13-19-37(20-14-33)68-29-46(65)54-24-10-8-7-9-23-53-45(64)28-41-50-60-58-31(3)62(50)42-21-17-35(66-4)25-38(42)47(56-41)32-11-15-34(51)16-12-32/h11-22,25-26,40-41H,6-10,23-24,27-29H2,1-5H3,(H,52,63)(H,53,64)(H,54,65)/t40-,41-/m0/s1. The van der Waals surface area contributed by atoms with Gasteiger partial charge in [-0.3, -0.25) is 33.5 Å². The van der Waals surface area contributed by atoms with E-state index in [2.05, 4.69) is 36.3 Å². The Balaban J connectivity index is 0.803. The SMILES string of the molecule is CCNC(=O)C[C@@H]1N=C(c2ccc(SCC(=O)NCCCCCCNC(=O)C[C@@H]3N=C(c4ccc(Cl)cc4)c4cc(OC)ccc4-n4c(C)nnc43)cc2)c2cc(OC)ccc2-n2c(C)nnc21. The van der Waals surface area contributed by atoms with E-state index in [1.807, 2.05) is 115 Å². The number of rotatable bonds is 19. The Bertz CT molecular complexity index is 2860. The summed E-state index contributed by atoms with van der Waals surface area (Å²) in [5, 5.41) is 27.2. The Hall–Kier alpha value is -6.85. The number of amides is 3. The van der Waals surface area contributed by atoms with Crippen LogP contribution in [0, 0.1) is 13.8 Å². The summed E-state index contributed by atoms with van der Waals surface area (Å²) in [4.78, 5) is 50.3. The number of nitrogens with one attached hydrogen (secondary N) is 3. The lowest BCUT2D eigenvalue weighted by Gasteiger charge is -2.14. The molecular formula is C50H54ClN11O5S. The van der Waals surface area contributed by atoms with E-state index in [1.165, 1.54) is 11.8 Å². The van der Waals surface area contributed by atoms with Gasteiger partial charge in [0.25, 0.3) is 0 Å². The van der Waals surface area contributed by atoms with E-state index in [1.54, 1.807) is 14.2 Å². The molecular weight excluding hydrogens is 902 g/mol. The molecule has 16 nitrogen and oxygen atoms in total. The summed E-state index contributed by atoms with van der Waals surface area (Å²) in [6, 6.07) is 25.9. The van der Waals surface area contributed by atoms with Crippen molar-refractivity contribution < 1.29 is 23.9 Å². The number of hydrogen-bond donors (Lipinski definition) is 3. The highest BCUT2D eigenvalue weighted by Gasteiger charge is 2.32. The van der Waals surface area contributed by atoms with Gasteiger partial charge < -0.3 is 25.4 Å². The van der Waals surface area contributed by atoms with Crippen LogP contribution in [-0.2, 0) is 14.4 Å². The molecule has 6 aromatic rings. The zero-order valence-corrected chi connectivity index (χ0v) is 40.3. The number of carbonyl (C=O) groups excluding carboxylic acids is 3. The number of nitrogens with zero attached hydrogens (tertiary/aromatic N) is 8. The number of ether oxygens (including phenoxy) is 2. The number of aryl methyl sites for hydroxylation is 2. The second-order valence-electron chi connectivity index (χ2n) is 16.4. The molecule has 2 aromatic heterocycles. The topological polar surface area (TPSA) is 192 Å². The summed E-state index contributed by atoms with van der Waals surface area (Å²) in [6.45, 7) is 7.26. The van der Waals surface area contributed by atoms with Crippen LogP contribution in [0.5, 0.6) is 11.5 Å². The Kier molecular flexibility index (Phi) is 15.3. The number of carbonyl (C=O) groups is 3. The Labute approximate surface area is 404 Å². The van der Waals surface area contributed by atoms with Gasteiger partial charge in [-0.25, -0.2) is 0 Å². The van der Waals surface area contributed by atoms with Gasteiger partial charge in [0.2, 0.25) is 17.7 Å². The van der Waals surface area contributed by atoms with E-state index in [-0.39, 0.29) is 36.3 Å². The predicted molar refractivity (Wildman–Crippen MR) is 263 cm³/mol. The van der Waals surface area contributed by atoms with Crippen molar-refractivity contribution in [1.29, 1.82) is 0 Å². The second kappa shape index (κ2) is 21.8. The minimum absolute atomic E-state index is 0.0410. The van der Waals surface area contributed by atoms with E-state index >= 15 is 0 Å². The molecule has 3 amide bonds. The average molecular weight is 957 g/mol. The number of thioether (sulfide) groups is 1. The van der Waals surface area contributed by atoms with Crippen molar-refractivity contribution in [3.63, 3.8) is 0 Å². The van der Waals surface area contributed by atoms with E-state index in [0.717, 1.165) is 64.2 Å². The first-order chi connectivity index (χ1) is 33.0. The quantitative estimate of drug-likeness (QED) is 0.0544. The average Bonchev–Trinajstić information content (AvgIpc) is 3.85. The van der Waals surface area contributed by atoms with Gasteiger partial charge in [0.15, 0.2) is 11.6 Å². The molecule has 2 aliphatic heterocycles. The van der Waals surface area contributed by atoms with Crippen LogP contribution < -0.4 is 25.4 Å². The van der Waals surface area contributed by atoms with Gasteiger partial charge in [-0.1, -0.05) is 48.7 Å². The van der Waals surface area contributed by atoms with Crippen LogP contribution in [0.25, 0.3) is 11.4 Å². The molecule has 4 aromatic carbocycles. The van der Waals surface area contributed by atoms with Crippen LogP contribution in [0.3, 0.4) is 0 Å². The van der Waals surface area contributed by atoms with Gasteiger partial charge >= 0.3 is 0 Å². The van der Waals surface area contributed by atoms with Gasteiger partial charge in [0.1, 0.15) is 35.2 Å². The lowest BCUT2D eigenvalue weighted by Crippen LogP contribution is -2.27. The van der Waals surface area contributed by atoms with Crippen LogP contribution in [-0.4, -0.2) is 98.3 Å². The minimum atomic E-state index is -0.582. The maximum Gasteiger partial charge on any atom is 0.230 e. The molecule has 0 saturated carbocycles. The van der Waals surface area contributed by atoms with Crippen molar-refractivity contribution >= 4 is 52.5 Å². The van der Waals surface area contributed by atoms with Gasteiger partial charge in [0.05, 0.1) is 55.6 Å². The van der Waals surface area contributed by atoms with Crippen molar-refractivity contribution in [2.45, 2.75) is 76.3 Å². The van der Waals surface area contributed by atoms with Crippen molar-refractivity contribution in [2.24, 2.45) is 9.98 Å². The number of methoxy groups -OCH3 is 2. The first-order valence-electron chi connectivity index (χ1n) is 22.7. The monoisotopic (exact) mass is 955 g/mol. The molecule has 0 unspecified atom stereocenters. The third kappa shape index (κ3) is 10.8. The highest BCUT2D eigenvalue weighted by molar-refractivity contribution is 8.00. The predicted octanol–water partition coefficient (Wildman–Crippen LogP) is 7.42. The maximum atomic E-state index is 13.4. The van der Waals surface area contributed by atoms with Crippen molar-refractivity contribution in [2.75, 3.05) is 39.6 Å². The molecule has 0 spiro atoms. The number of aromatic nitrogens is 6. The fraction of sp³-hybridized carbons (Fsp3) is 0.340. The molecule has 352 valence electrons. The Morgan fingerprint density at radius 2 is 1.09 bits per heavy atom. The second-order valence-corrected chi connectivity index (χ2v) is 17.9. The summed E-state index contributed by atoms with van der Waals surface area (Å²) in [6.07, 6.45) is 3.66. The summed E-state index contributed by atoms with van der Waals surface area (Å²) in [5.41, 5.74) is 6.50. The largest absolute Gasteiger partial charge is 0.497 e. The highest BCUT2D eigenvalue weighted by Crippen LogP contribution is 2.36. The molecule has 2 aliphatic rings. The number of benzene rings is 4. The summed E-state index contributed by atoms with van der Waals surface area (Å²) in [5.74, 6) is 3.90. The Morgan fingerprint density at radius 3 is 1.57 bits per heavy atom. The maximum absolute atomic E-state index is 13.4. The zero-order valence-electron chi connectivity index (χ0n) is 38.7. The van der Waals surface area contributed by atoms with Crippen molar-refractivity contribution in [3.05, 3.63) is 136 Å². The third-order valence-corrected chi connectivity index (χ3v) is 13.0. The molecule has 18 heteroatoms. The molecule has 0 aliphatic carbocycles. The fourth-order valence-corrected chi connectivity index (χ4v) is 9.26. The Morgan fingerprint density at radius 1 is 0.618 bits per heavy atom. The number of fused-ring (bicyclic) bond motifs is 6. The third-order valence-electron chi connectivity index (χ3n) is 11.8. The van der Waals surface area contributed by atoms with E-state index in [0.29, 0.717) is 70.9 Å². The molecule has 0 fully saturated rings. The summed E-state index contributed by atoms with van der Waals surface area (Å²) < 4.78 is 15.1. The van der Waals surface area contributed by atoms with Gasteiger partial charge in [-0.2, -0.15) is 0 Å². The molecule has 0 bridgehead atoms. The fourth-order valence-electron chi connectivity index (χ4n) is 8.41. The van der Waals surface area contributed by atoms with E-state index in [9.17, 15) is 14.4 Å². The molecule has 8 rings (SSSR count). The summed E-state index contributed by atoms with van der Waals surface area (Å²) >= 11 is 7.70. The van der Waals surface area contributed by atoms with Crippen LogP contribution >= 0.6 is 23.4 Å². The molecule has 2 atom stereocenters. The number of unbranched alkanes of at least 4 members (excludes halogenated alkanes) is 3. The van der Waals surface area contributed by atoms with Gasteiger partial charge in [0, 0.05) is 51.8 Å². The molecule has 4 heterocycles. The van der Waals surface area contributed by atoms with Gasteiger partial charge in [-0.15, -0.1) is 32.2 Å². The van der Waals surface area contributed by atoms with E-state index in [4.69, 9.17) is 31.1 Å². The lowest BCUT2D eigenvalue weighted by atomic mass is 10.00. The normalized spacial score (nSPS) is 14.7. The number of halogens is 1. The van der Waals surface area contributed by atoms with Crippen molar-refractivity contribution in [1.82, 2.24) is 45.5 Å². The first kappa shape index (κ1) is 47.6.